The van der Waals surface area contributed by atoms with Crippen molar-refractivity contribution < 1.29 is 14.3 Å². The van der Waals surface area contributed by atoms with Crippen molar-refractivity contribution in [2.24, 2.45) is 5.41 Å². The van der Waals surface area contributed by atoms with Gasteiger partial charge in [-0.05, 0) is 30.5 Å². The van der Waals surface area contributed by atoms with E-state index in [1.807, 2.05) is 48.6 Å². The van der Waals surface area contributed by atoms with Crippen molar-refractivity contribution in [2.45, 2.75) is 32.5 Å². The lowest BCUT2D eigenvalue weighted by Gasteiger charge is -2.37. The first-order chi connectivity index (χ1) is 13.2. The van der Waals surface area contributed by atoms with Crippen LogP contribution in [0.2, 0.25) is 0 Å². The second kappa shape index (κ2) is 8.66. The van der Waals surface area contributed by atoms with E-state index in [-0.39, 0.29) is 12.2 Å². The molecule has 0 spiro atoms. The second-order valence-electron chi connectivity index (χ2n) is 6.60. The summed E-state index contributed by atoms with van der Waals surface area (Å²) in [5, 5.41) is 10.00. The summed E-state index contributed by atoms with van der Waals surface area (Å²) >= 11 is 0. The molecule has 1 heterocycles. The summed E-state index contributed by atoms with van der Waals surface area (Å²) in [5.74, 6) is 0.230. The van der Waals surface area contributed by atoms with Gasteiger partial charge in [0.2, 0.25) is 6.29 Å². The number of hydrogen-bond acceptors (Lipinski definition) is 4. The highest BCUT2D eigenvalue weighted by atomic mass is 16.7. The standard InChI is InChI=1S/C23H23NO3/c1-2-3-16-26-22-23(17-24,15-9-12-18-10-5-4-6-11-18)21(25)19-13-7-8-14-20(19)27-22/h4-14,22H,2-3,15-16H2,1H3/b12-9+/t22-,23+/m1/s1. The average Bonchev–Trinajstić information content (AvgIpc) is 2.71. The maximum Gasteiger partial charge on any atom is 0.226 e. The van der Waals surface area contributed by atoms with Gasteiger partial charge in [-0.25, -0.2) is 0 Å². The third-order valence-corrected chi connectivity index (χ3v) is 4.69. The Morgan fingerprint density at radius 1 is 1.19 bits per heavy atom. The zero-order chi connectivity index (χ0) is 19.1. The molecule has 2 aromatic carbocycles. The summed E-state index contributed by atoms with van der Waals surface area (Å²) in [4.78, 5) is 13.2. The van der Waals surface area contributed by atoms with Crippen LogP contribution in [-0.2, 0) is 4.74 Å². The molecule has 138 valence electrons. The Bertz CT molecular complexity index is 853. The second-order valence-corrected chi connectivity index (χ2v) is 6.60. The van der Waals surface area contributed by atoms with Crippen molar-refractivity contribution in [3.63, 3.8) is 0 Å². The Labute approximate surface area is 160 Å². The SMILES string of the molecule is CCCCO[C@@H]1Oc2ccccc2C(=O)[C@@]1(C#N)C/C=C/c1ccccc1. The molecule has 0 amide bonds. The lowest BCUT2D eigenvalue weighted by Crippen LogP contribution is -2.49. The van der Waals surface area contributed by atoms with Crippen LogP contribution < -0.4 is 4.74 Å². The van der Waals surface area contributed by atoms with Gasteiger partial charge in [-0.15, -0.1) is 0 Å². The molecule has 0 saturated heterocycles. The molecule has 0 unspecified atom stereocenters. The summed E-state index contributed by atoms with van der Waals surface area (Å²) in [7, 11) is 0. The van der Waals surface area contributed by atoms with Crippen LogP contribution in [0.3, 0.4) is 0 Å². The van der Waals surface area contributed by atoms with Gasteiger partial charge in [0.05, 0.1) is 18.2 Å². The first kappa shape index (κ1) is 18.9. The van der Waals surface area contributed by atoms with Crippen LogP contribution >= 0.6 is 0 Å². The third kappa shape index (κ3) is 3.94. The Kier molecular flexibility index (Phi) is 6.05. The van der Waals surface area contributed by atoms with Gasteiger partial charge in [0.1, 0.15) is 5.75 Å². The average molecular weight is 361 g/mol. The largest absolute Gasteiger partial charge is 0.462 e. The van der Waals surface area contributed by atoms with E-state index in [1.165, 1.54) is 0 Å². The van der Waals surface area contributed by atoms with Crippen LogP contribution in [0.25, 0.3) is 6.08 Å². The quantitative estimate of drug-likeness (QED) is 0.650. The number of Topliss-reactive ketones (excluding diaryl/α,β-unsaturated/α-hetero) is 1. The molecule has 0 aromatic heterocycles. The first-order valence-corrected chi connectivity index (χ1v) is 9.26. The number of ketones is 1. The zero-order valence-corrected chi connectivity index (χ0v) is 15.4. The van der Waals surface area contributed by atoms with Crippen LogP contribution in [0.5, 0.6) is 5.75 Å². The van der Waals surface area contributed by atoms with Gasteiger partial charge in [-0.1, -0.05) is 68.0 Å². The van der Waals surface area contributed by atoms with Crippen molar-refractivity contribution in [3.05, 3.63) is 71.8 Å². The zero-order valence-electron chi connectivity index (χ0n) is 15.4. The number of nitrogens with zero attached hydrogens (tertiary/aromatic N) is 1. The fourth-order valence-corrected chi connectivity index (χ4v) is 3.11. The summed E-state index contributed by atoms with van der Waals surface area (Å²) < 4.78 is 11.8. The maximum absolute atomic E-state index is 13.2. The molecule has 0 radical (unpaired) electrons. The number of rotatable bonds is 7. The van der Waals surface area contributed by atoms with Crippen LogP contribution in [0.1, 0.15) is 42.1 Å². The molecule has 3 rings (SSSR count). The Balaban J connectivity index is 1.91. The summed E-state index contributed by atoms with van der Waals surface area (Å²) in [6, 6.07) is 19.0. The van der Waals surface area contributed by atoms with Gasteiger partial charge in [0.15, 0.2) is 11.2 Å². The molecule has 27 heavy (non-hydrogen) atoms. The van der Waals surface area contributed by atoms with Crippen molar-refractivity contribution >= 4 is 11.9 Å². The van der Waals surface area contributed by atoms with Gasteiger partial charge in [0.25, 0.3) is 0 Å². The molecule has 0 aliphatic carbocycles. The minimum atomic E-state index is -1.40. The number of nitriles is 1. The number of hydrogen-bond donors (Lipinski definition) is 0. The summed E-state index contributed by atoms with van der Waals surface area (Å²) in [5.41, 5.74) is 0.0500. The molecule has 4 nitrogen and oxygen atoms in total. The molecule has 0 saturated carbocycles. The number of ether oxygens (including phenoxy) is 2. The number of fused-ring (bicyclic) bond motifs is 1. The molecule has 4 heteroatoms. The predicted molar refractivity (Wildman–Crippen MR) is 104 cm³/mol. The number of unbranched alkanes of at least 4 members (excludes halogenated alkanes) is 1. The fourth-order valence-electron chi connectivity index (χ4n) is 3.11. The van der Waals surface area contributed by atoms with E-state index in [0.29, 0.717) is 17.9 Å². The van der Waals surface area contributed by atoms with Gasteiger partial charge in [0, 0.05) is 0 Å². The Morgan fingerprint density at radius 3 is 2.67 bits per heavy atom. The van der Waals surface area contributed by atoms with E-state index in [4.69, 9.17) is 9.47 Å². The van der Waals surface area contributed by atoms with E-state index >= 15 is 0 Å². The van der Waals surface area contributed by atoms with Gasteiger partial charge in [-0.3, -0.25) is 4.79 Å². The highest BCUT2D eigenvalue weighted by Crippen LogP contribution is 2.41. The van der Waals surface area contributed by atoms with E-state index < -0.39 is 11.7 Å². The topological polar surface area (TPSA) is 59.3 Å². The number of carbonyl (C=O) groups excluding carboxylic acids is 1. The highest BCUT2D eigenvalue weighted by molar-refractivity contribution is 6.05. The maximum atomic E-state index is 13.2. The lowest BCUT2D eigenvalue weighted by atomic mass is 9.76. The number of para-hydroxylation sites is 1. The van der Waals surface area contributed by atoms with Crippen LogP contribution in [0, 0.1) is 16.7 Å². The highest BCUT2D eigenvalue weighted by Gasteiger charge is 2.52. The summed E-state index contributed by atoms with van der Waals surface area (Å²) in [6.45, 7) is 2.51. The van der Waals surface area contributed by atoms with Crippen molar-refractivity contribution in [2.75, 3.05) is 6.61 Å². The third-order valence-electron chi connectivity index (χ3n) is 4.69. The van der Waals surface area contributed by atoms with E-state index in [9.17, 15) is 10.1 Å². The predicted octanol–water partition coefficient (Wildman–Crippen LogP) is 5.02. The molecular formula is C23H23NO3. The molecule has 1 aliphatic heterocycles. The first-order valence-electron chi connectivity index (χ1n) is 9.26. The van der Waals surface area contributed by atoms with Crippen molar-refractivity contribution in [1.82, 2.24) is 0 Å². The van der Waals surface area contributed by atoms with Crippen molar-refractivity contribution in [1.29, 1.82) is 5.26 Å². The minimum absolute atomic E-state index is 0.225. The minimum Gasteiger partial charge on any atom is -0.462 e. The Morgan fingerprint density at radius 2 is 1.93 bits per heavy atom. The fraction of sp³-hybridized carbons (Fsp3) is 0.304. The number of benzene rings is 2. The molecule has 1 aliphatic rings. The van der Waals surface area contributed by atoms with Crippen LogP contribution in [-0.4, -0.2) is 18.7 Å². The molecule has 2 aromatic rings. The van der Waals surface area contributed by atoms with Gasteiger partial charge >= 0.3 is 0 Å². The van der Waals surface area contributed by atoms with Gasteiger partial charge < -0.3 is 9.47 Å². The smallest absolute Gasteiger partial charge is 0.226 e. The van der Waals surface area contributed by atoms with Crippen LogP contribution in [0.4, 0.5) is 0 Å². The van der Waals surface area contributed by atoms with Crippen molar-refractivity contribution in [3.8, 4) is 11.8 Å². The van der Waals surface area contributed by atoms with E-state index in [0.717, 1.165) is 18.4 Å². The van der Waals surface area contributed by atoms with Gasteiger partial charge in [-0.2, -0.15) is 5.26 Å². The molecule has 0 fully saturated rings. The molecule has 0 N–H and O–H groups in total. The normalized spacial score (nSPS) is 21.5. The van der Waals surface area contributed by atoms with E-state index in [1.54, 1.807) is 18.2 Å². The lowest BCUT2D eigenvalue weighted by molar-refractivity contribution is -0.131. The van der Waals surface area contributed by atoms with E-state index in [2.05, 4.69) is 13.0 Å². The number of carbonyl (C=O) groups is 1. The molecular weight excluding hydrogens is 338 g/mol. The Hall–Kier alpha value is -2.90. The molecule has 2 atom stereocenters. The molecule has 0 bridgehead atoms. The monoisotopic (exact) mass is 361 g/mol. The summed E-state index contributed by atoms with van der Waals surface area (Å²) in [6.07, 6.45) is 4.88. The van der Waals surface area contributed by atoms with Crippen LogP contribution in [0.15, 0.2) is 60.7 Å². The number of allylic oxidation sites excluding steroid dienone is 1.